The van der Waals surface area contributed by atoms with Gasteiger partial charge in [0.05, 0.1) is 22.9 Å². The Kier molecular flexibility index (Phi) is 5.24. The molecule has 4 heteroatoms. The number of rotatable bonds is 5. The summed E-state index contributed by atoms with van der Waals surface area (Å²) in [7, 11) is 0. The van der Waals surface area contributed by atoms with E-state index in [2.05, 4.69) is 50.9 Å². The third-order valence-corrected chi connectivity index (χ3v) is 5.43. The van der Waals surface area contributed by atoms with Crippen molar-refractivity contribution in [2.75, 3.05) is 13.2 Å². The predicted molar refractivity (Wildman–Crippen MR) is 80.4 cm³/mol. The van der Waals surface area contributed by atoms with Crippen LogP contribution >= 0.6 is 31.9 Å². The van der Waals surface area contributed by atoms with Gasteiger partial charge in [0.15, 0.2) is 5.79 Å². The van der Waals surface area contributed by atoms with Crippen LogP contribution in [0.1, 0.15) is 30.2 Å². The quantitative estimate of drug-likeness (QED) is 0.706. The number of halogens is 2. The van der Waals surface area contributed by atoms with Gasteiger partial charge in [-0.2, -0.15) is 0 Å². The van der Waals surface area contributed by atoms with Crippen molar-refractivity contribution in [1.82, 2.24) is 0 Å². The minimum absolute atomic E-state index is 0.0321. The summed E-state index contributed by atoms with van der Waals surface area (Å²) < 4.78 is 11.9. The van der Waals surface area contributed by atoms with Crippen molar-refractivity contribution in [1.29, 1.82) is 0 Å². The first-order chi connectivity index (χ1) is 8.70. The van der Waals surface area contributed by atoms with Crippen molar-refractivity contribution in [3.05, 3.63) is 35.9 Å². The predicted octanol–water partition coefficient (Wildman–Crippen LogP) is 4.43. The molecule has 18 heavy (non-hydrogen) atoms. The second-order valence-electron chi connectivity index (χ2n) is 4.45. The van der Waals surface area contributed by atoms with Crippen LogP contribution in [0.4, 0.5) is 0 Å². The molecule has 2 rings (SSSR count). The van der Waals surface area contributed by atoms with Crippen LogP contribution in [0.25, 0.3) is 0 Å². The number of benzene rings is 1. The first kappa shape index (κ1) is 14.5. The maximum atomic E-state index is 5.96. The molecule has 0 saturated carbocycles. The van der Waals surface area contributed by atoms with Crippen molar-refractivity contribution in [2.24, 2.45) is 0 Å². The van der Waals surface area contributed by atoms with E-state index in [1.54, 1.807) is 0 Å². The standard InChI is InChI=1S/C14H18Br2O2/c1-2-6-12(15)14(17-9-10-18-14)13(16)11-7-4-3-5-8-11/h3-5,7-8,12-13H,2,6,9-10H2,1H3. The zero-order chi connectivity index (χ0) is 13.0. The highest BCUT2D eigenvalue weighted by atomic mass is 79.9. The van der Waals surface area contributed by atoms with Crippen LogP contribution in [0.5, 0.6) is 0 Å². The number of alkyl halides is 2. The SMILES string of the molecule is CCCC(Br)C1(C(Br)c2ccccc2)OCCO1. The fourth-order valence-electron chi connectivity index (χ4n) is 2.24. The average molecular weight is 378 g/mol. The van der Waals surface area contributed by atoms with Gasteiger partial charge in [-0.25, -0.2) is 0 Å². The third-order valence-electron chi connectivity index (χ3n) is 3.16. The second-order valence-corrected chi connectivity index (χ2v) is 6.47. The van der Waals surface area contributed by atoms with Crippen molar-refractivity contribution < 1.29 is 9.47 Å². The van der Waals surface area contributed by atoms with Crippen LogP contribution in [0, 0.1) is 0 Å². The summed E-state index contributed by atoms with van der Waals surface area (Å²) in [5, 5.41) is 0. The first-order valence-corrected chi connectivity index (χ1v) is 8.15. The number of ether oxygens (including phenoxy) is 2. The summed E-state index contributed by atoms with van der Waals surface area (Å²) in [6, 6.07) is 10.3. The Balaban J connectivity index is 2.24. The summed E-state index contributed by atoms with van der Waals surface area (Å²) in [4.78, 5) is 0.215. The van der Waals surface area contributed by atoms with Crippen LogP contribution in [-0.4, -0.2) is 23.8 Å². The lowest BCUT2D eigenvalue weighted by atomic mass is 9.99. The molecule has 2 unspecified atom stereocenters. The van der Waals surface area contributed by atoms with Crippen LogP contribution in [-0.2, 0) is 9.47 Å². The minimum Gasteiger partial charge on any atom is -0.345 e. The molecule has 0 aliphatic carbocycles. The highest BCUT2D eigenvalue weighted by molar-refractivity contribution is 9.10. The summed E-state index contributed by atoms with van der Waals surface area (Å²) >= 11 is 7.50. The summed E-state index contributed by atoms with van der Waals surface area (Å²) in [6.07, 6.45) is 2.12. The molecule has 0 radical (unpaired) electrons. The van der Waals surface area contributed by atoms with E-state index in [0.29, 0.717) is 13.2 Å². The number of hydrogen-bond acceptors (Lipinski definition) is 2. The Morgan fingerprint density at radius 2 is 1.78 bits per heavy atom. The van der Waals surface area contributed by atoms with Crippen LogP contribution in [0.15, 0.2) is 30.3 Å². The summed E-state index contributed by atoms with van der Waals surface area (Å²) in [6.45, 7) is 3.48. The molecule has 1 fully saturated rings. The summed E-state index contributed by atoms with van der Waals surface area (Å²) in [5.74, 6) is -0.600. The molecule has 100 valence electrons. The lowest BCUT2D eigenvalue weighted by molar-refractivity contribution is -0.156. The lowest BCUT2D eigenvalue weighted by Crippen LogP contribution is -2.43. The third kappa shape index (κ3) is 2.82. The Morgan fingerprint density at radius 3 is 2.33 bits per heavy atom. The molecule has 0 aromatic heterocycles. The topological polar surface area (TPSA) is 18.5 Å². The molecular formula is C14H18Br2O2. The maximum absolute atomic E-state index is 5.96. The molecule has 2 atom stereocenters. The lowest BCUT2D eigenvalue weighted by Gasteiger charge is -2.36. The van der Waals surface area contributed by atoms with Crippen LogP contribution < -0.4 is 0 Å². The second kappa shape index (κ2) is 6.51. The van der Waals surface area contributed by atoms with E-state index in [4.69, 9.17) is 9.47 Å². The van der Waals surface area contributed by atoms with Crippen molar-refractivity contribution in [3.8, 4) is 0 Å². The van der Waals surface area contributed by atoms with E-state index in [0.717, 1.165) is 12.8 Å². The van der Waals surface area contributed by atoms with Gasteiger partial charge in [-0.3, -0.25) is 0 Å². The zero-order valence-electron chi connectivity index (χ0n) is 10.4. The molecule has 1 aliphatic heterocycles. The van der Waals surface area contributed by atoms with E-state index in [1.165, 1.54) is 5.56 Å². The maximum Gasteiger partial charge on any atom is 0.197 e. The van der Waals surface area contributed by atoms with E-state index in [1.807, 2.05) is 18.2 Å². The largest absolute Gasteiger partial charge is 0.345 e. The normalized spacial score (nSPS) is 21.7. The van der Waals surface area contributed by atoms with Crippen LogP contribution in [0.2, 0.25) is 0 Å². The highest BCUT2D eigenvalue weighted by Gasteiger charge is 2.49. The Hall–Kier alpha value is 0.1000. The monoisotopic (exact) mass is 376 g/mol. The van der Waals surface area contributed by atoms with E-state index in [-0.39, 0.29) is 9.65 Å². The molecule has 1 aromatic rings. The molecule has 0 amide bonds. The Morgan fingerprint density at radius 1 is 1.17 bits per heavy atom. The highest BCUT2D eigenvalue weighted by Crippen LogP contribution is 2.46. The molecule has 0 bridgehead atoms. The molecule has 2 nitrogen and oxygen atoms in total. The minimum atomic E-state index is -0.600. The smallest absolute Gasteiger partial charge is 0.197 e. The van der Waals surface area contributed by atoms with Gasteiger partial charge in [-0.1, -0.05) is 75.5 Å². The van der Waals surface area contributed by atoms with Crippen molar-refractivity contribution in [2.45, 2.75) is 35.2 Å². The molecule has 1 saturated heterocycles. The van der Waals surface area contributed by atoms with Gasteiger partial charge in [0.2, 0.25) is 0 Å². The van der Waals surface area contributed by atoms with E-state index in [9.17, 15) is 0 Å². The van der Waals surface area contributed by atoms with Crippen molar-refractivity contribution in [3.63, 3.8) is 0 Å². The molecule has 1 heterocycles. The van der Waals surface area contributed by atoms with Gasteiger partial charge in [-0.15, -0.1) is 0 Å². The molecule has 0 spiro atoms. The van der Waals surface area contributed by atoms with Crippen molar-refractivity contribution >= 4 is 31.9 Å². The Bertz CT molecular complexity index is 363. The first-order valence-electron chi connectivity index (χ1n) is 6.31. The fourth-order valence-corrected chi connectivity index (χ4v) is 4.47. The fraction of sp³-hybridized carbons (Fsp3) is 0.571. The molecule has 1 aliphatic rings. The van der Waals surface area contributed by atoms with E-state index < -0.39 is 5.79 Å². The van der Waals surface area contributed by atoms with Gasteiger partial charge < -0.3 is 9.47 Å². The number of hydrogen-bond donors (Lipinski definition) is 0. The Labute approximate surface area is 125 Å². The van der Waals surface area contributed by atoms with Gasteiger partial charge in [0.25, 0.3) is 0 Å². The zero-order valence-corrected chi connectivity index (χ0v) is 13.6. The van der Waals surface area contributed by atoms with E-state index >= 15 is 0 Å². The summed E-state index contributed by atoms with van der Waals surface area (Å²) in [5.41, 5.74) is 1.18. The van der Waals surface area contributed by atoms with Crippen LogP contribution in [0.3, 0.4) is 0 Å². The molecular weight excluding hydrogens is 360 g/mol. The van der Waals surface area contributed by atoms with Gasteiger partial charge in [0, 0.05) is 0 Å². The average Bonchev–Trinajstić information content (AvgIpc) is 2.90. The molecule has 1 aromatic carbocycles. The van der Waals surface area contributed by atoms with Gasteiger partial charge in [0.1, 0.15) is 0 Å². The van der Waals surface area contributed by atoms with Gasteiger partial charge in [-0.05, 0) is 12.0 Å². The molecule has 0 N–H and O–H groups in total. The van der Waals surface area contributed by atoms with Gasteiger partial charge >= 0.3 is 0 Å².